The Morgan fingerprint density at radius 1 is 0.966 bits per heavy atom. The maximum atomic E-state index is 5.35. The largest absolute Gasteiger partial charge is 0.274 e. The molecule has 4 aromatic rings. The minimum Gasteiger partial charge on any atom is -0.274 e. The molecule has 2 N–H and O–H groups in total. The molecule has 0 amide bonds. The number of hydrogen-bond donors (Lipinski definition) is 2. The van der Waals surface area contributed by atoms with Crippen molar-refractivity contribution in [3.8, 4) is 22.8 Å². The van der Waals surface area contributed by atoms with Crippen LogP contribution < -0.4 is 0 Å². The summed E-state index contributed by atoms with van der Waals surface area (Å²) in [6, 6.07) is 20.2. The number of rotatable bonds is 4. The number of aromatic amines is 2. The summed E-state index contributed by atoms with van der Waals surface area (Å²) in [6.07, 6.45) is 1.77. The highest BCUT2D eigenvalue weighted by Gasteiger charge is 2.14. The fourth-order valence-electron chi connectivity index (χ4n) is 2.96. The molecule has 0 saturated heterocycles. The van der Waals surface area contributed by atoms with Crippen molar-refractivity contribution in [2.24, 2.45) is 5.10 Å². The van der Waals surface area contributed by atoms with Crippen LogP contribution >= 0.6 is 12.2 Å². The van der Waals surface area contributed by atoms with Crippen LogP contribution in [0.5, 0.6) is 0 Å². The minimum absolute atomic E-state index is 0.118. The van der Waals surface area contributed by atoms with E-state index in [1.54, 1.807) is 10.9 Å². The van der Waals surface area contributed by atoms with Crippen LogP contribution in [0.3, 0.4) is 0 Å². The monoisotopic (exact) mass is 402 g/mol. The highest BCUT2D eigenvalue weighted by molar-refractivity contribution is 7.71. The highest BCUT2D eigenvalue weighted by Crippen LogP contribution is 2.23. The van der Waals surface area contributed by atoms with Gasteiger partial charge in [0.2, 0.25) is 10.6 Å². The molecule has 0 aliphatic rings. The second-order valence-corrected chi connectivity index (χ2v) is 8.20. The van der Waals surface area contributed by atoms with Gasteiger partial charge < -0.3 is 0 Å². The first-order chi connectivity index (χ1) is 13.9. The molecule has 7 heteroatoms. The number of H-pyrrole nitrogens is 2. The van der Waals surface area contributed by atoms with E-state index < -0.39 is 0 Å². The lowest BCUT2D eigenvalue weighted by Gasteiger charge is -2.18. The van der Waals surface area contributed by atoms with Gasteiger partial charge in [-0.3, -0.25) is 5.10 Å². The molecule has 0 saturated carbocycles. The van der Waals surface area contributed by atoms with E-state index in [4.69, 9.17) is 12.2 Å². The summed E-state index contributed by atoms with van der Waals surface area (Å²) in [7, 11) is 0. The molecular formula is C22H22N6S. The number of aromatic nitrogens is 5. The molecule has 0 unspecified atom stereocenters. The highest BCUT2D eigenvalue weighted by atomic mass is 32.1. The molecule has 0 radical (unpaired) electrons. The number of nitrogens with zero attached hydrogens (tertiary/aromatic N) is 4. The van der Waals surface area contributed by atoms with E-state index in [2.05, 4.69) is 70.5 Å². The van der Waals surface area contributed by atoms with E-state index in [9.17, 15) is 0 Å². The number of nitrogens with one attached hydrogen (secondary N) is 2. The molecule has 0 atom stereocenters. The van der Waals surface area contributed by atoms with Gasteiger partial charge in [-0.25, -0.2) is 5.10 Å². The van der Waals surface area contributed by atoms with E-state index in [0.29, 0.717) is 10.6 Å². The Morgan fingerprint density at radius 3 is 2.38 bits per heavy atom. The molecular weight excluding hydrogens is 380 g/mol. The van der Waals surface area contributed by atoms with E-state index in [1.165, 1.54) is 5.56 Å². The molecule has 2 heterocycles. The summed E-state index contributed by atoms with van der Waals surface area (Å²) in [5.41, 5.74) is 4.98. The lowest BCUT2D eigenvalue weighted by atomic mass is 9.87. The Balaban J connectivity index is 1.62. The first-order valence-electron chi connectivity index (χ1n) is 9.35. The zero-order chi connectivity index (χ0) is 20.4. The molecule has 0 spiro atoms. The minimum atomic E-state index is 0.118. The molecule has 0 bridgehead atoms. The van der Waals surface area contributed by atoms with Crippen molar-refractivity contribution in [2.75, 3.05) is 0 Å². The summed E-state index contributed by atoms with van der Waals surface area (Å²) >= 11 is 5.35. The third-order valence-corrected chi connectivity index (χ3v) is 4.90. The van der Waals surface area contributed by atoms with Crippen molar-refractivity contribution in [2.45, 2.75) is 26.2 Å². The van der Waals surface area contributed by atoms with Gasteiger partial charge >= 0.3 is 0 Å². The van der Waals surface area contributed by atoms with Crippen LogP contribution in [0.2, 0.25) is 0 Å². The Labute approximate surface area is 174 Å². The van der Waals surface area contributed by atoms with Crippen LogP contribution in [-0.2, 0) is 5.41 Å². The van der Waals surface area contributed by atoms with Gasteiger partial charge in [0.1, 0.15) is 5.69 Å². The quantitative estimate of drug-likeness (QED) is 0.365. The van der Waals surface area contributed by atoms with Gasteiger partial charge in [0, 0.05) is 5.56 Å². The SMILES string of the molecule is CC(C)(C)c1ccc(/C=N\n2c(-c3cc(-c4ccccc4)n[nH]3)n[nH]c2=S)cc1. The summed E-state index contributed by atoms with van der Waals surface area (Å²) in [5, 5.41) is 19.1. The summed E-state index contributed by atoms with van der Waals surface area (Å²) < 4.78 is 2.01. The zero-order valence-corrected chi connectivity index (χ0v) is 17.4. The van der Waals surface area contributed by atoms with Crippen LogP contribution in [0.25, 0.3) is 22.8 Å². The van der Waals surface area contributed by atoms with Crippen molar-refractivity contribution in [3.63, 3.8) is 0 Å². The molecule has 6 nitrogen and oxygen atoms in total. The molecule has 2 aromatic carbocycles. The lowest BCUT2D eigenvalue weighted by Crippen LogP contribution is -2.10. The first-order valence-corrected chi connectivity index (χ1v) is 9.76. The zero-order valence-electron chi connectivity index (χ0n) is 16.5. The topological polar surface area (TPSA) is 74.7 Å². The summed E-state index contributed by atoms with van der Waals surface area (Å²) in [6.45, 7) is 6.59. The number of benzene rings is 2. The second-order valence-electron chi connectivity index (χ2n) is 7.81. The fourth-order valence-corrected chi connectivity index (χ4v) is 3.14. The fraction of sp³-hybridized carbons (Fsp3) is 0.182. The molecule has 0 aliphatic heterocycles. The summed E-state index contributed by atoms with van der Waals surface area (Å²) in [5.74, 6) is 0.576. The molecule has 29 heavy (non-hydrogen) atoms. The Kier molecular flexibility index (Phi) is 4.98. The molecule has 0 fully saturated rings. The lowest BCUT2D eigenvalue weighted by molar-refractivity contribution is 0.590. The summed E-state index contributed by atoms with van der Waals surface area (Å²) in [4.78, 5) is 0. The van der Waals surface area contributed by atoms with Gasteiger partial charge in [-0.2, -0.15) is 20.0 Å². The maximum Gasteiger partial charge on any atom is 0.216 e. The van der Waals surface area contributed by atoms with Crippen LogP contribution in [0.4, 0.5) is 0 Å². The van der Waals surface area contributed by atoms with Crippen molar-refractivity contribution >= 4 is 18.4 Å². The van der Waals surface area contributed by atoms with Gasteiger partial charge in [0.15, 0.2) is 0 Å². The third kappa shape index (κ3) is 4.09. The second kappa shape index (κ2) is 7.60. The van der Waals surface area contributed by atoms with Crippen LogP contribution in [0, 0.1) is 4.77 Å². The van der Waals surface area contributed by atoms with Gasteiger partial charge in [0.25, 0.3) is 0 Å². The van der Waals surface area contributed by atoms with Gasteiger partial charge in [-0.1, -0.05) is 75.4 Å². The van der Waals surface area contributed by atoms with E-state index >= 15 is 0 Å². The Bertz CT molecular complexity index is 1190. The average molecular weight is 403 g/mol. The normalized spacial score (nSPS) is 12.0. The van der Waals surface area contributed by atoms with Crippen molar-refractivity contribution in [1.82, 2.24) is 25.1 Å². The van der Waals surface area contributed by atoms with E-state index in [-0.39, 0.29) is 5.41 Å². The predicted octanol–water partition coefficient (Wildman–Crippen LogP) is 5.18. The van der Waals surface area contributed by atoms with Crippen LogP contribution in [0.1, 0.15) is 31.9 Å². The first kappa shape index (κ1) is 19.0. The Morgan fingerprint density at radius 2 is 1.69 bits per heavy atom. The van der Waals surface area contributed by atoms with Crippen molar-refractivity contribution in [1.29, 1.82) is 0 Å². The van der Waals surface area contributed by atoms with Crippen LogP contribution in [-0.4, -0.2) is 31.3 Å². The molecule has 4 rings (SSSR count). The molecule has 0 aliphatic carbocycles. The van der Waals surface area contributed by atoms with Gasteiger partial charge in [-0.15, -0.1) is 0 Å². The molecule has 146 valence electrons. The smallest absolute Gasteiger partial charge is 0.216 e. The van der Waals surface area contributed by atoms with Crippen molar-refractivity contribution < 1.29 is 0 Å². The van der Waals surface area contributed by atoms with Crippen molar-refractivity contribution in [3.05, 3.63) is 76.6 Å². The standard InChI is InChI=1S/C22H22N6S/c1-22(2,3)17-11-9-15(10-12-17)14-23-28-20(26-27-21(28)29)19-13-18(24-25-19)16-7-5-4-6-8-16/h4-14H,1-3H3,(H,24,25)(H,27,29)/b23-14-. The maximum absolute atomic E-state index is 5.35. The average Bonchev–Trinajstić information content (AvgIpc) is 3.33. The number of hydrogen-bond acceptors (Lipinski definition) is 4. The predicted molar refractivity (Wildman–Crippen MR) is 119 cm³/mol. The Hall–Kier alpha value is -3.32. The van der Waals surface area contributed by atoms with Gasteiger partial charge in [-0.05, 0) is 34.8 Å². The third-order valence-electron chi connectivity index (χ3n) is 4.64. The van der Waals surface area contributed by atoms with E-state index in [1.807, 2.05) is 36.4 Å². The van der Waals surface area contributed by atoms with Crippen LogP contribution in [0.15, 0.2) is 65.8 Å². The molecule has 2 aromatic heterocycles. The van der Waals surface area contributed by atoms with Gasteiger partial charge in [0.05, 0.1) is 11.9 Å². The van der Waals surface area contributed by atoms with E-state index in [0.717, 1.165) is 22.5 Å².